The molecule has 0 saturated carbocycles. The minimum Gasteiger partial charge on any atom is -0.352 e. The third kappa shape index (κ3) is 3.86. The number of rotatable bonds is 4. The lowest BCUT2D eigenvalue weighted by atomic mass is 10.1. The summed E-state index contributed by atoms with van der Waals surface area (Å²) in [5, 5.41) is 5.64. The Morgan fingerprint density at radius 2 is 1.93 bits per heavy atom. The maximum Gasteiger partial charge on any atom is 0.256 e. The van der Waals surface area contributed by atoms with Gasteiger partial charge in [0.05, 0.1) is 11.3 Å². The standard InChI is InChI=1S/C20H15FN4O2S/c21-14-2-3-15-18(8-14)28-17-4-1-13(7-16(17)25-20(15)27)19(26)24-6-5-12-9-22-11-23-10-12/h1-4,7-11H,5-6H2,(H,24,26)(H,25,27). The molecule has 4 rings (SSSR count). The molecule has 0 radical (unpaired) electrons. The van der Waals surface area contributed by atoms with Gasteiger partial charge in [-0.05, 0) is 48.4 Å². The highest BCUT2D eigenvalue weighted by molar-refractivity contribution is 7.99. The number of nitrogens with one attached hydrogen (secondary N) is 2. The summed E-state index contributed by atoms with van der Waals surface area (Å²) in [5.74, 6) is -0.975. The average molecular weight is 394 g/mol. The molecule has 0 fully saturated rings. The van der Waals surface area contributed by atoms with Crippen LogP contribution in [-0.4, -0.2) is 28.3 Å². The zero-order valence-electron chi connectivity index (χ0n) is 14.6. The Kier molecular flexibility index (Phi) is 5.03. The number of fused-ring (bicyclic) bond motifs is 2. The van der Waals surface area contributed by atoms with Gasteiger partial charge in [-0.1, -0.05) is 11.8 Å². The van der Waals surface area contributed by atoms with E-state index in [0.29, 0.717) is 34.7 Å². The fourth-order valence-electron chi connectivity index (χ4n) is 2.82. The molecule has 6 nitrogen and oxygen atoms in total. The van der Waals surface area contributed by atoms with E-state index < -0.39 is 5.82 Å². The van der Waals surface area contributed by atoms with Crippen LogP contribution < -0.4 is 10.6 Å². The first-order valence-corrected chi connectivity index (χ1v) is 9.37. The van der Waals surface area contributed by atoms with Crippen LogP contribution in [-0.2, 0) is 6.42 Å². The first-order chi connectivity index (χ1) is 13.6. The van der Waals surface area contributed by atoms with Crippen molar-refractivity contribution in [3.05, 3.63) is 77.6 Å². The molecule has 0 bridgehead atoms. The molecular weight excluding hydrogens is 379 g/mol. The van der Waals surface area contributed by atoms with Gasteiger partial charge in [0.1, 0.15) is 12.1 Å². The molecule has 2 heterocycles. The number of aromatic nitrogens is 2. The number of halogens is 1. The largest absolute Gasteiger partial charge is 0.352 e. The second kappa shape index (κ2) is 7.77. The fourth-order valence-corrected chi connectivity index (χ4v) is 3.85. The molecule has 0 saturated heterocycles. The predicted molar refractivity (Wildman–Crippen MR) is 103 cm³/mol. The topological polar surface area (TPSA) is 84.0 Å². The quantitative estimate of drug-likeness (QED) is 0.709. The summed E-state index contributed by atoms with van der Waals surface area (Å²) in [6.45, 7) is 0.440. The molecule has 1 aliphatic heterocycles. The maximum atomic E-state index is 13.5. The maximum absolute atomic E-state index is 13.5. The lowest BCUT2D eigenvalue weighted by Gasteiger charge is -2.09. The SMILES string of the molecule is O=C(NCCc1cncnc1)c1ccc2c(c1)NC(=O)c1ccc(F)cc1S2. The molecule has 2 amide bonds. The molecule has 1 aliphatic rings. The molecule has 140 valence electrons. The van der Waals surface area contributed by atoms with Crippen molar-refractivity contribution in [2.45, 2.75) is 16.2 Å². The van der Waals surface area contributed by atoms with Gasteiger partial charge in [-0.25, -0.2) is 14.4 Å². The normalized spacial score (nSPS) is 12.4. The van der Waals surface area contributed by atoms with Gasteiger partial charge in [0.15, 0.2) is 0 Å². The van der Waals surface area contributed by atoms with Crippen molar-refractivity contribution in [3.63, 3.8) is 0 Å². The van der Waals surface area contributed by atoms with E-state index >= 15 is 0 Å². The number of hydrogen-bond donors (Lipinski definition) is 2. The van der Waals surface area contributed by atoms with Crippen molar-refractivity contribution < 1.29 is 14.0 Å². The van der Waals surface area contributed by atoms with Crippen LogP contribution >= 0.6 is 11.8 Å². The monoisotopic (exact) mass is 394 g/mol. The van der Waals surface area contributed by atoms with E-state index in [9.17, 15) is 14.0 Å². The average Bonchev–Trinajstić information content (AvgIpc) is 2.83. The highest BCUT2D eigenvalue weighted by atomic mass is 32.2. The molecule has 28 heavy (non-hydrogen) atoms. The molecule has 0 spiro atoms. The van der Waals surface area contributed by atoms with Crippen molar-refractivity contribution in [3.8, 4) is 0 Å². The molecule has 8 heteroatoms. The van der Waals surface area contributed by atoms with Gasteiger partial charge in [0.25, 0.3) is 11.8 Å². The van der Waals surface area contributed by atoms with Gasteiger partial charge in [0, 0.05) is 34.3 Å². The van der Waals surface area contributed by atoms with Crippen molar-refractivity contribution in [2.24, 2.45) is 0 Å². The summed E-state index contributed by atoms with van der Waals surface area (Å²) in [4.78, 5) is 34.0. The fraction of sp³-hybridized carbons (Fsp3) is 0.100. The smallest absolute Gasteiger partial charge is 0.256 e. The van der Waals surface area contributed by atoms with Crippen LogP contribution in [0.2, 0.25) is 0 Å². The number of benzene rings is 2. The number of amides is 2. The second-order valence-electron chi connectivity index (χ2n) is 6.16. The summed E-state index contributed by atoms with van der Waals surface area (Å²) < 4.78 is 13.5. The Hall–Kier alpha value is -3.26. The molecule has 0 aliphatic carbocycles. The van der Waals surface area contributed by atoms with Crippen LogP contribution in [0.1, 0.15) is 26.3 Å². The summed E-state index contributed by atoms with van der Waals surface area (Å²) in [6, 6.07) is 9.11. The minimum absolute atomic E-state index is 0.244. The number of anilines is 1. The summed E-state index contributed by atoms with van der Waals surface area (Å²) in [5.41, 5.74) is 2.29. The van der Waals surface area contributed by atoms with E-state index in [2.05, 4.69) is 20.6 Å². The number of carbonyl (C=O) groups is 2. The Morgan fingerprint density at radius 1 is 1.11 bits per heavy atom. The van der Waals surface area contributed by atoms with Crippen LogP contribution in [0, 0.1) is 5.82 Å². The minimum atomic E-state index is -0.401. The predicted octanol–water partition coefficient (Wildman–Crippen LogP) is 3.31. The number of hydrogen-bond acceptors (Lipinski definition) is 5. The van der Waals surface area contributed by atoms with Gasteiger partial charge in [0.2, 0.25) is 0 Å². The number of nitrogens with zero attached hydrogens (tertiary/aromatic N) is 2. The third-order valence-electron chi connectivity index (χ3n) is 4.21. The van der Waals surface area contributed by atoms with Gasteiger partial charge in [-0.2, -0.15) is 0 Å². The third-order valence-corrected chi connectivity index (χ3v) is 5.35. The molecule has 0 atom stereocenters. The van der Waals surface area contributed by atoms with E-state index in [1.54, 1.807) is 30.6 Å². The highest BCUT2D eigenvalue weighted by Gasteiger charge is 2.21. The Labute approximate surface area is 164 Å². The highest BCUT2D eigenvalue weighted by Crippen LogP contribution is 2.39. The Morgan fingerprint density at radius 3 is 2.75 bits per heavy atom. The van der Waals surface area contributed by atoms with Crippen LogP contribution in [0.15, 0.2) is 64.9 Å². The lowest BCUT2D eigenvalue weighted by molar-refractivity contribution is 0.0952. The van der Waals surface area contributed by atoms with E-state index in [1.807, 2.05) is 0 Å². The van der Waals surface area contributed by atoms with Gasteiger partial charge < -0.3 is 10.6 Å². The van der Waals surface area contributed by atoms with E-state index in [0.717, 1.165) is 10.5 Å². The summed E-state index contributed by atoms with van der Waals surface area (Å²) >= 11 is 1.29. The van der Waals surface area contributed by atoms with Crippen molar-refractivity contribution in [2.75, 3.05) is 11.9 Å². The van der Waals surface area contributed by atoms with Crippen LogP contribution in [0.3, 0.4) is 0 Å². The van der Waals surface area contributed by atoms with Gasteiger partial charge in [-0.15, -0.1) is 0 Å². The van der Waals surface area contributed by atoms with Crippen molar-refractivity contribution >= 4 is 29.3 Å². The molecule has 2 N–H and O–H groups in total. The van der Waals surface area contributed by atoms with Crippen LogP contribution in [0.5, 0.6) is 0 Å². The Balaban J connectivity index is 1.49. The molecule has 0 unspecified atom stereocenters. The lowest BCUT2D eigenvalue weighted by Crippen LogP contribution is -2.26. The summed E-state index contributed by atoms with van der Waals surface area (Å²) in [7, 11) is 0. The zero-order chi connectivity index (χ0) is 19.5. The first kappa shape index (κ1) is 18.1. The molecule has 2 aromatic carbocycles. The van der Waals surface area contributed by atoms with E-state index in [-0.39, 0.29) is 11.8 Å². The van der Waals surface area contributed by atoms with Crippen LogP contribution in [0.25, 0.3) is 0 Å². The zero-order valence-corrected chi connectivity index (χ0v) is 15.4. The molecule has 3 aromatic rings. The molecular formula is C20H15FN4O2S. The number of carbonyl (C=O) groups excluding carboxylic acids is 2. The Bertz CT molecular complexity index is 1060. The first-order valence-electron chi connectivity index (χ1n) is 8.55. The van der Waals surface area contributed by atoms with Crippen molar-refractivity contribution in [1.29, 1.82) is 0 Å². The van der Waals surface area contributed by atoms with Gasteiger partial charge in [-0.3, -0.25) is 9.59 Å². The van der Waals surface area contributed by atoms with Gasteiger partial charge >= 0.3 is 0 Å². The summed E-state index contributed by atoms with van der Waals surface area (Å²) in [6.07, 6.45) is 5.48. The van der Waals surface area contributed by atoms with Crippen LogP contribution in [0.4, 0.5) is 10.1 Å². The van der Waals surface area contributed by atoms with E-state index in [4.69, 9.17) is 0 Å². The second-order valence-corrected chi connectivity index (χ2v) is 7.24. The van der Waals surface area contributed by atoms with Crippen molar-refractivity contribution in [1.82, 2.24) is 15.3 Å². The van der Waals surface area contributed by atoms with E-state index in [1.165, 1.54) is 36.3 Å². The molecule has 1 aromatic heterocycles.